The standard InChI is InChI=1S/C24H34N4O2/c1-25-24(26-16-19-8-6-9-20(14-19)18-29-2)27-17-23(28-12-4-5-13-28)21-10-7-11-22(15-21)30-3/h6-11,14-15,23H,4-5,12-13,16-18H2,1-3H3,(H2,25,26,27). The molecule has 6 heteroatoms. The maximum atomic E-state index is 5.45. The van der Waals surface area contributed by atoms with E-state index in [1.165, 1.54) is 29.5 Å². The molecule has 1 heterocycles. The average molecular weight is 411 g/mol. The van der Waals surface area contributed by atoms with Gasteiger partial charge in [-0.25, -0.2) is 0 Å². The summed E-state index contributed by atoms with van der Waals surface area (Å²) in [6.45, 7) is 4.38. The van der Waals surface area contributed by atoms with Crippen LogP contribution in [-0.2, 0) is 17.9 Å². The highest BCUT2D eigenvalue weighted by Crippen LogP contribution is 2.27. The Balaban J connectivity index is 1.62. The van der Waals surface area contributed by atoms with Crippen LogP contribution in [0.1, 0.15) is 35.6 Å². The van der Waals surface area contributed by atoms with E-state index in [0.717, 1.165) is 31.3 Å². The summed E-state index contributed by atoms with van der Waals surface area (Å²) in [5, 5.41) is 6.95. The molecule has 0 amide bonds. The summed E-state index contributed by atoms with van der Waals surface area (Å²) in [4.78, 5) is 6.96. The van der Waals surface area contributed by atoms with Gasteiger partial charge in [-0.3, -0.25) is 9.89 Å². The SMILES string of the molecule is CN=C(NCc1cccc(COC)c1)NCC(c1cccc(OC)c1)N1CCCC1. The highest BCUT2D eigenvalue weighted by molar-refractivity contribution is 5.79. The van der Waals surface area contributed by atoms with Crippen LogP contribution in [0.2, 0.25) is 0 Å². The van der Waals surface area contributed by atoms with Crippen molar-refractivity contribution >= 4 is 5.96 Å². The van der Waals surface area contributed by atoms with Gasteiger partial charge in [0.05, 0.1) is 19.8 Å². The zero-order valence-corrected chi connectivity index (χ0v) is 18.4. The number of guanidine groups is 1. The van der Waals surface area contributed by atoms with Crippen molar-refractivity contribution in [3.63, 3.8) is 0 Å². The summed E-state index contributed by atoms with van der Waals surface area (Å²) in [5.74, 6) is 1.70. The molecule has 1 saturated heterocycles. The molecule has 1 fully saturated rings. The summed E-state index contributed by atoms with van der Waals surface area (Å²) in [6, 6.07) is 17.1. The van der Waals surface area contributed by atoms with Crippen molar-refractivity contribution in [1.82, 2.24) is 15.5 Å². The fourth-order valence-electron chi connectivity index (χ4n) is 3.96. The molecule has 1 aliphatic heterocycles. The topological polar surface area (TPSA) is 58.1 Å². The van der Waals surface area contributed by atoms with E-state index in [9.17, 15) is 0 Å². The van der Waals surface area contributed by atoms with Crippen molar-refractivity contribution in [1.29, 1.82) is 0 Å². The molecule has 2 N–H and O–H groups in total. The number of methoxy groups -OCH3 is 2. The van der Waals surface area contributed by atoms with Crippen molar-refractivity contribution in [2.75, 3.05) is 40.9 Å². The molecule has 2 aromatic rings. The van der Waals surface area contributed by atoms with Crippen LogP contribution < -0.4 is 15.4 Å². The van der Waals surface area contributed by atoms with Gasteiger partial charge >= 0.3 is 0 Å². The molecule has 3 rings (SSSR count). The van der Waals surface area contributed by atoms with E-state index in [-0.39, 0.29) is 6.04 Å². The van der Waals surface area contributed by atoms with Gasteiger partial charge in [-0.1, -0.05) is 36.4 Å². The number of hydrogen-bond acceptors (Lipinski definition) is 4. The van der Waals surface area contributed by atoms with Gasteiger partial charge < -0.3 is 20.1 Å². The number of nitrogens with one attached hydrogen (secondary N) is 2. The first-order valence-electron chi connectivity index (χ1n) is 10.6. The van der Waals surface area contributed by atoms with E-state index in [1.54, 1.807) is 14.2 Å². The summed E-state index contributed by atoms with van der Waals surface area (Å²) in [6.07, 6.45) is 2.51. The van der Waals surface area contributed by atoms with Crippen LogP contribution in [0, 0.1) is 0 Å². The lowest BCUT2D eigenvalue weighted by Gasteiger charge is -2.29. The van der Waals surface area contributed by atoms with E-state index in [0.29, 0.717) is 13.2 Å². The van der Waals surface area contributed by atoms with Gasteiger partial charge in [-0.05, 0) is 54.8 Å². The number of hydrogen-bond donors (Lipinski definition) is 2. The highest BCUT2D eigenvalue weighted by atomic mass is 16.5. The third kappa shape index (κ3) is 6.21. The maximum Gasteiger partial charge on any atom is 0.191 e. The second kappa shape index (κ2) is 11.6. The van der Waals surface area contributed by atoms with Crippen molar-refractivity contribution < 1.29 is 9.47 Å². The van der Waals surface area contributed by atoms with E-state index in [2.05, 4.69) is 63.0 Å². The van der Waals surface area contributed by atoms with Gasteiger partial charge in [-0.15, -0.1) is 0 Å². The molecule has 1 atom stereocenters. The third-order valence-electron chi connectivity index (χ3n) is 5.51. The Hall–Kier alpha value is -2.57. The van der Waals surface area contributed by atoms with Gasteiger partial charge in [0.25, 0.3) is 0 Å². The van der Waals surface area contributed by atoms with E-state index in [4.69, 9.17) is 9.47 Å². The minimum Gasteiger partial charge on any atom is -0.497 e. The van der Waals surface area contributed by atoms with Crippen molar-refractivity contribution in [3.8, 4) is 5.75 Å². The molecule has 0 aromatic heterocycles. The Morgan fingerprint density at radius 1 is 1.03 bits per heavy atom. The number of likely N-dealkylation sites (tertiary alicyclic amines) is 1. The number of benzene rings is 2. The molecule has 0 bridgehead atoms. The molecule has 0 saturated carbocycles. The van der Waals surface area contributed by atoms with Crippen LogP contribution >= 0.6 is 0 Å². The van der Waals surface area contributed by atoms with Crippen LogP contribution in [0.3, 0.4) is 0 Å². The predicted octanol–water partition coefficient (Wildman–Crippen LogP) is 3.34. The molecule has 1 aliphatic rings. The lowest BCUT2D eigenvalue weighted by atomic mass is 10.1. The number of aliphatic imine (C=N–C) groups is 1. The molecular weight excluding hydrogens is 376 g/mol. The molecule has 162 valence electrons. The molecular formula is C24H34N4O2. The molecule has 1 unspecified atom stereocenters. The molecule has 30 heavy (non-hydrogen) atoms. The Kier molecular flexibility index (Phi) is 8.53. The van der Waals surface area contributed by atoms with Gasteiger partial charge in [0.2, 0.25) is 0 Å². The van der Waals surface area contributed by atoms with E-state index < -0.39 is 0 Å². The monoisotopic (exact) mass is 410 g/mol. The second-order valence-electron chi connectivity index (χ2n) is 7.60. The smallest absolute Gasteiger partial charge is 0.191 e. The first-order valence-corrected chi connectivity index (χ1v) is 10.6. The highest BCUT2D eigenvalue weighted by Gasteiger charge is 2.24. The normalized spacial score (nSPS) is 15.8. The van der Waals surface area contributed by atoms with Gasteiger partial charge in [0.1, 0.15) is 5.75 Å². The largest absolute Gasteiger partial charge is 0.497 e. The summed E-state index contributed by atoms with van der Waals surface area (Å²) in [7, 11) is 5.25. The second-order valence-corrected chi connectivity index (χ2v) is 7.60. The minimum atomic E-state index is 0.284. The summed E-state index contributed by atoms with van der Waals surface area (Å²) in [5.41, 5.74) is 3.65. The van der Waals surface area contributed by atoms with Crippen molar-refractivity contribution in [2.45, 2.75) is 32.0 Å². The van der Waals surface area contributed by atoms with Crippen LogP contribution in [-0.4, -0.2) is 51.8 Å². The Morgan fingerprint density at radius 2 is 1.80 bits per heavy atom. The van der Waals surface area contributed by atoms with E-state index in [1.807, 2.05) is 13.1 Å². The Bertz CT molecular complexity index is 818. The molecule has 0 radical (unpaired) electrons. The Labute approximate surface area is 180 Å². The van der Waals surface area contributed by atoms with E-state index >= 15 is 0 Å². The molecule has 0 spiro atoms. The fourth-order valence-corrected chi connectivity index (χ4v) is 3.96. The molecule has 6 nitrogen and oxygen atoms in total. The summed E-state index contributed by atoms with van der Waals surface area (Å²) < 4.78 is 10.7. The molecule has 2 aromatic carbocycles. The van der Waals surface area contributed by atoms with Gasteiger partial charge in [0.15, 0.2) is 5.96 Å². The lowest BCUT2D eigenvalue weighted by molar-refractivity contribution is 0.185. The van der Waals surface area contributed by atoms with Crippen molar-refractivity contribution in [2.24, 2.45) is 4.99 Å². The quantitative estimate of drug-likeness (QED) is 0.490. The zero-order chi connectivity index (χ0) is 21.2. The van der Waals surface area contributed by atoms with Crippen LogP contribution in [0.5, 0.6) is 5.75 Å². The van der Waals surface area contributed by atoms with Gasteiger partial charge in [-0.2, -0.15) is 0 Å². The molecule has 0 aliphatic carbocycles. The predicted molar refractivity (Wildman–Crippen MR) is 122 cm³/mol. The number of ether oxygens (including phenoxy) is 2. The first kappa shape index (κ1) is 22.1. The number of rotatable bonds is 9. The van der Waals surface area contributed by atoms with Gasteiger partial charge in [0, 0.05) is 27.2 Å². The van der Waals surface area contributed by atoms with Crippen LogP contribution in [0.15, 0.2) is 53.5 Å². The van der Waals surface area contributed by atoms with Crippen molar-refractivity contribution in [3.05, 3.63) is 65.2 Å². The number of nitrogens with zero attached hydrogens (tertiary/aromatic N) is 2. The van der Waals surface area contributed by atoms with Crippen LogP contribution in [0.4, 0.5) is 0 Å². The average Bonchev–Trinajstić information content (AvgIpc) is 3.31. The Morgan fingerprint density at radius 3 is 2.53 bits per heavy atom. The van der Waals surface area contributed by atoms with Crippen LogP contribution in [0.25, 0.3) is 0 Å². The first-order chi connectivity index (χ1) is 14.7. The lowest BCUT2D eigenvalue weighted by Crippen LogP contribution is -2.42. The minimum absolute atomic E-state index is 0.284. The maximum absolute atomic E-state index is 5.45. The zero-order valence-electron chi connectivity index (χ0n) is 18.4. The third-order valence-corrected chi connectivity index (χ3v) is 5.51. The fraction of sp³-hybridized carbons (Fsp3) is 0.458. The summed E-state index contributed by atoms with van der Waals surface area (Å²) >= 11 is 0.